The van der Waals surface area contributed by atoms with Crippen LogP contribution in [0, 0.1) is 11.3 Å². The third kappa shape index (κ3) is 3.90. The van der Waals surface area contributed by atoms with E-state index < -0.39 is 5.97 Å². The van der Waals surface area contributed by atoms with Crippen LogP contribution in [-0.2, 0) is 14.3 Å². The normalized spacial score (nSPS) is 14.8. The zero-order valence-electron chi connectivity index (χ0n) is 14.4. The molecule has 1 aliphatic rings. The molecule has 0 unspecified atom stereocenters. The smallest absolute Gasteiger partial charge is 0.350 e. The van der Waals surface area contributed by atoms with Gasteiger partial charge in [0.2, 0.25) is 0 Å². The lowest BCUT2D eigenvalue weighted by Gasteiger charge is -2.29. The third-order valence-electron chi connectivity index (χ3n) is 3.83. The number of hydrogen-bond acceptors (Lipinski definition) is 8. The zero-order chi connectivity index (χ0) is 18.4. The second-order valence-corrected chi connectivity index (χ2v) is 5.52. The predicted molar refractivity (Wildman–Crippen MR) is 96.5 cm³/mol. The summed E-state index contributed by atoms with van der Waals surface area (Å²) >= 11 is 0. The number of carbonyl (C=O) groups excluding carboxylic acids is 1. The maximum Gasteiger partial charge on any atom is 0.350 e. The molecule has 0 saturated carbocycles. The average molecular weight is 353 g/mol. The molecule has 1 fully saturated rings. The quantitative estimate of drug-likeness (QED) is 0.494. The molecular formula is C18H19N5O3. The number of nitrogens with one attached hydrogen (secondary N) is 1. The SMILES string of the molecule is CCOC(=O)/C(C#N)=C/Nc1nc2ccccc2nc1N1CCOCC1. The number of para-hydroxylation sites is 2. The Morgan fingerprint density at radius 3 is 2.69 bits per heavy atom. The van der Waals surface area contributed by atoms with Gasteiger partial charge in [0.15, 0.2) is 17.2 Å². The molecule has 8 heteroatoms. The van der Waals surface area contributed by atoms with Gasteiger partial charge < -0.3 is 19.7 Å². The first-order valence-electron chi connectivity index (χ1n) is 8.36. The second-order valence-electron chi connectivity index (χ2n) is 5.52. The fraction of sp³-hybridized carbons (Fsp3) is 0.333. The Bertz CT molecular complexity index is 869. The summed E-state index contributed by atoms with van der Waals surface area (Å²) in [5, 5.41) is 12.1. The Labute approximate surface area is 151 Å². The molecule has 8 nitrogen and oxygen atoms in total. The predicted octanol–water partition coefficient (Wildman–Crippen LogP) is 1.85. The minimum Gasteiger partial charge on any atom is -0.462 e. The second kappa shape index (κ2) is 8.27. The van der Waals surface area contributed by atoms with E-state index in [9.17, 15) is 4.79 Å². The van der Waals surface area contributed by atoms with Crippen molar-refractivity contribution in [3.63, 3.8) is 0 Å². The highest BCUT2D eigenvalue weighted by atomic mass is 16.5. The van der Waals surface area contributed by atoms with Gasteiger partial charge in [-0.2, -0.15) is 5.26 Å². The van der Waals surface area contributed by atoms with Gasteiger partial charge in [0.1, 0.15) is 6.07 Å². The molecule has 0 radical (unpaired) electrons. The highest BCUT2D eigenvalue weighted by Crippen LogP contribution is 2.26. The lowest BCUT2D eigenvalue weighted by Crippen LogP contribution is -2.37. The number of morpholine rings is 1. The number of nitrogens with zero attached hydrogens (tertiary/aromatic N) is 4. The van der Waals surface area contributed by atoms with Gasteiger partial charge in [0.25, 0.3) is 0 Å². The van der Waals surface area contributed by atoms with Crippen LogP contribution in [0.25, 0.3) is 11.0 Å². The minimum atomic E-state index is -0.677. The van der Waals surface area contributed by atoms with Crippen molar-refractivity contribution in [1.82, 2.24) is 9.97 Å². The fourth-order valence-electron chi connectivity index (χ4n) is 2.57. The van der Waals surface area contributed by atoms with Gasteiger partial charge in [0, 0.05) is 19.3 Å². The number of nitriles is 1. The van der Waals surface area contributed by atoms with Crippen LogP contribution in [0.2, 0.25) is 0 Å². The van der Waals surface area contributed by atoms with Gasteiger partial charge in [-0.05, 0) is 19.1 Å². The Balaban J connectivity index is 1.97. The van der Waals surface area contributed by atoms with Crippen LogP contribution < -0.4 is 10.2 Å². The highest BCUT2D eigenvalue weighted by molar-refractivity contribution is 5.93. The summed E-state index contributed by atoms with van der Waals surface area (Å²) in [6, 6.07) is 9.37. The summed E-state index contributed by atoms with van der Waals surface area (Å²) in [6.07, 6.45) is 1.31. The van der Waals surface area contributed by atoms with E-state index in [4.69, 9.17) is 19.7 Å². The molecule has 134 valence electrons. The lowest BCUT2D eigenvalue weighted by atomic mass is 10.3. The number of anilines is 2. The van der Waals surface area contributed by atoms with E-state index in [1.807, 2.05) is 30.3 Å². The molecule has 0 bridgehead atoms. The number of rotatable bonds is 5. The minimum absolute atomic E-state index is 0.130. The molecule has 0 amide bonds. The molecule has 0 atom stereocenters. The molecule has 1 aromatic heterocycles. The third-order valence-corrected chi connectivity index (χ3v) is 3.83. The summed E-state index contributed by atoms with van der Waals surface area (Å²) in [5.41, 5.74) is 1.36. The molecule has 0 spiro atoms. The van der Waals surface area contributed by atoms with Crippen molar-refractivity contribution in [3.05, 3.63) is 36.0 Å². The van der Waals surface area contributed by atoms with Gasteiger partial charge in [-0.1, -0.05) is 12.1 Å². The molecule has 3 rings (SSSR count). The van der Waals surface area contributed by atoms with Gasteiger partial charge in [-0.25, -0.2) is 14.8 Å². The molecule has 0 aliphatic carbocycles. The maximum atomic E-state index is 11.8. The molecule has 1 saturated heterocycles. The fourth-order valence-corrected chi connectivity index (χ4v) is 2.57. The number of fused-ring (bicyclic) bond motifs is 1. The van der Waals surface area contributed by atoms with Crippen molar-refractivity contribution < 1.29 is 14.3 Å². The standard InChI is InChI=1S/C18H19N5O3/c1-2-26-18(24)13(11-19)12-20-16-17(23-7-9-25-10-8-23)22-15-6-4-3-5-14(15)21-16/h3-6,12H,2,7-10H2,1H3,(H,20,21)/b13-12+. The highest BCUT2D eigenvalue weighted by Gasteiger charge is 2.19. The van der Waals surface area contributed by atoms with Crippen molar-refractivity contribution >= 4 is 28.6 Å². The first-order valence-corrected chi connectivity index (χ1v) is 8.36. The number of esters is 1. The van der Waals surface area contributed by atoms with Crippen molar-refractivity contribution in [2.45, 2.75) is 6.92 Å². The number of hydrogen-bond donors (Lipinski definition) is 1. The van der Waals surface area contributed by atoms with Gasteiger partial charge in [0.05, 0.1) is 30.9 Å². The van der Waals surface area contributed by atoms with E-state index in [1.165, 1.54) is 6.20 Å². The molecule has 2 aromatic rings. The van der Waals surface area contributed by atoms with Crippen LogP contribution in [0.5, 0.6) is 0 Å². The van der Waals surface area contributed by atoms with Gasteiger partial charge in [-0.15, -0.1) is 0 Å². The van der Waals surface area contributed by atoms with Crippen molar-refractivity contribution in [3.8, 4) is 6.07 Å². The monoisotopic (exact) mass is 353 g/mol. The van der Waals surface area contributed by atoms with E-state index in [0.29, 0.717) is 37.9 Å². The summed E-state index contributed by atoms with van der Waals surface area (Å²) in [6.45, 7) is 4.48. The number of benzene rings is 1. The molecule has 1 aromatic carbocycles. The first-order chi connectivity index (χ1) is 12.7. The van der Waals surface area contributed by atoms with Crippen LogP contribution in [0.3, 0.4) is 0 Å². The van der Waals surface area contributed by atoms with Crippen LogP contribution >= 0.6 is 0 Å². The molecular weight excluding hydrogens is 334 g/mol. The molecule has 1 N–H and O–H groups in total. The molecule has 1 aliphatic heterocycles. The molecule has 2 heterocycles. The van der Waals surface area contributed by atoms with Crippen LogP contribution in [0.1, 0.15) is 6.92 Å². The molecule has 26 heavy (non-hydrogen) atoms. The summed E-state index contributed by atoms with van der Waals surface area (Å²) < 4.78 is 10.3. The number of carbonyl (C=O) groups is 1. The average Bonchev–Trinajstić information content (AvgIpc) is 2.68. The van der Waals surface area contributed by atoms with Gasteiger partial charge >= 0.3 is 5.97 Å². The van der Waals surface area contributed by atoms with Gasteiger partial charge in [-0.3, -0.25) is 0 Å². The summed E-state index contributed by atoms with van der Waals surface area (Å²) in [4.78, 5) is 23.1. The van der Waals surface area contributed by atoms with Crippen LogP contribution in [-0.4, -0.2) is 48.8 Å². The largest absolute Gasteiger partial charge is 0.462 e. The van der Waals surface area contributed by atoms with E-state index >= 15 is 0 Å². The Kier molecular flexibility index (Phi) is 5.61. The Hall–Kier alpha value is -3.18. The Morgan fingerprint density at radius 2 is 2.04 bits per heavy atom. The van der Waals surface area contributed by atoms with E-state index in [2.05, 4.69) is 15.2 Å². The lowest BCUT2D eigenvalue weighted by molar-refractivity contribution is -0.138. The van der Waals surface area contributed by atoms with Crippen LogP contribution in [0.15, 0.2) is 36.0 Å². The first kappa shape index (κ1) is 17.6. The topological polar surface area (TPSA) is 100 Å². The van der Waals surface area contributed by atoms with E-state index in [1.54, 1.807) is 6.92 Å². The summed E-state index contributed by atoms with van der Waals surface area (Å²) in [5.74, 6) is 0.455. The maximum absolute atomic E-state index is 11.8. The summed E-state index contributed by atoms with van der Waals surface area (Å²) in [7, 11) is 0. The zero-order valence-corrected chi connectivity index (χ0v) is 14.4. The number of aromatic nitrogens is 2. The van der Waals surface area contributed by atoms with Crippen molar-refractivity contribution in [2.75, 3.05) is 43.1 Å². The van der Waals surface area contributed by atoms with Crippen molar-refractivity contribution in [1.29, 1.82) is 5.26 Å². The Morgan fingerprint density at radius 1 is 1.35 bits per heavy atom. The van der Waals surface area contributed by atoms with E-state index in [0.717, 1.165) is 11.0 Å². The van der Waals surface area contributed by atoms with Crippen LogP contribution in [0.4, 0.5) is 11.6 Å². The van der Waals surface area contributed by atoms with Crippen molar-refractivity contribution in [2.24, 2.45) is 0 Å². The van der Waals surface area contributed by atoms with E-state index in [-0.39, 0.29) is 12.2 Å². The number of ether oxygens (including phenoxy) is 2.